The van der Waals surface area contributed by atoms with Crippen molar-refractivity contribution in [3.63, 3.8) is 0 Å². The number of hydrogen-bond donors (Lipinski definition) is 0. The molecule has 0 spiro atoms. The second-order valence-electron chi connectivity index (χ2n) is 3.95. The molecular weight excluding hydrogens is 204 g/mol. The van der Waals surface area contributed by atoms with Gasteiger partial charge in [0.2, 0.25) is 5.91 Å². The molecule has 1 amide bonds. The van der Waals surface area contributed by atoms with Crippen LogP contribution in [-0.2, 0) is 9.53 Å². The number of nitrogens with zero attached hydrogens (tertiary/aromatic N) is 2. The van der Waals surface area contributed by atoms with Crippen LogP contribution in [0.1, 0.15) is 6.92 Å². The molecular formula is C12H20N2O2. The lowest BCUT2D eigenvalue weighted by Crippen LogP contribution is -2.49. The summed E-state index contributed by atoms with van der Waals surface area (Å²) in [7, 11) is 0. The Morgan fingerprint density at radius 1 is 1.38 bits per heavy atom. The summed E-state index contributed by atoms with van der Waals surface area (Å²) < 4.78 is 5.08. The average molecular weight is 224 g/mol. The SMILES string of the molecule is C=COCCN1CCN(C(=O)C(=C)C)CC1. The number of hydrogen-bond acceptors (Lipinski definition) is 3. The molecule has 4 nitrogen and oxygen atoms in total. The molecule has 1 heterocycles. The van der Waals surface area contributed by atoms with Gasteiger partial charge in [0.05, 0.1) is 12.9 Å². The Balaban J connectivity index is 2.25. The third kappa shape index (κ3) is 3.70. The number of carbonyl (C=O) groups is 1. The topological polar surface area (TPSA) is 32.8 Å². The molecule has 0 radical (unpaired) electrons. The van der Waals surface area contributed by atoms with E-state index in [1.165, 1.54) is 6.26 Å². The largest absolute Gasteiger partial charge is 0.500 e. The fourth-order valence-corrected chi connectivity index (χ4v) is 1.71. The lowest BCUT2D eigenvalue weighted by atomic mass is 10.2. The summed E-state index contributed by atoms with van der Waals surface area (Å²) >= 11 is 0. The monoisotopic (exact) mass is 224 g/mol. The lowest BCUT2D eigenvalue weighted by Gasteiger charge is -2.34. The van der Waals surface area contributed by atoms with Crippen molar-refractivity contribution in [1.82, 2.24) is 9.80 Å². The normalized spacial score (nSPS) is 16.9. The molecule has 1 aliphatic heterocycles. The van der Waals surface area contributed by atoms with E-state index in [0.717, 1.165) is 32.7 Å². The van der Waals surface area contributed by atoms with Crippen molar-refractivity contribution in [3.05, 3.63) is 25.0 Å². The fourth-order valence-electron chi connectivity index (χ4n) is 1.71. The van der Waals surface area contributed by atoms with Gasteiger partial charge in [-0.05, 0) is 6.92 Å². The third-order valence-corrected chi connectivity index (χ3v) is 2.67. The molecule has 0 unspecified atom stereocenters. The minimum Gasteiger partial charge on any atom is -0.500 e. The second kappa shape index (κ2) is 6.33. The second-order valence-corrected chi connectivity index (χ2v) is 3.95. The Bertz CT molecular complexity index is 268. The van der Waals surface area contributed by atoms with E-state index in [1.807, 2.05) is 4.90 Å². The highest BCUT2D eigenvalue weighted by molar-refractivity contribution is 5.92. The van der Waals surface area contributed by atoms with Gasteiger partial charge in [-0.15, -0.1) is 0 Å². The van der Waals surface area contributed by atoms with Crippen molar-refractivity contribution >= 4 is 5.91 Å². The highest BCUT2D eigenvalue weighted by atomic mass is 16.5. The molecule has 0 aliphatic carbocycles. The maximum Gasteiger partial charge on any atom is 0.248 e. The zero-order valence-electron chi connectivity index (χ0n) is 9.95. The quantitative estimate of drug-likeness (QED) is 0.394. The zero-order chi connectivity index (χ0) is 12.0. The molecule has 0 aromatic heterocycles. The number of amides is 1. The van der Waals surface area contributed by atoms with Crippen LogP contribution in [0.3, 0.4) is 0 Å². The summed E-state index contributed by atoms with van der Waals surface area (Å²) in [5.41, 5.74) is 0.614. The maximum absolute atomic E-state index is 11.6. The van der Waals surface area contributed by atoms with E-state index in [4.69, 9.17) is 4.74 Å². The van der Waals surface area contributed by atoms with Gasteiger partial charge in [-0.25, -0.2) is 0 Å². The van der Waals surface area contributed by atoms with Crippen molar-refractivity contribution in [2.75, 3.05) is 39.3 Å². The molecule has 0 aromatic carbocycles. The molecule has 16 heavy (non-hydrogen) atoms. The smallest absolute Gasteiger partial charge is 0.248 e. The van der Waals surface area contributed by atoms with Gasteiger partial charge in [-0.1, -0.05) is 13.2 Å². The Hall–Kier alpha value is -1.29. The minimum absolute atomic E-state index is 0.0713. The van der Waals surface area contributed by atoms with E-state index in [9.17, 15) is 4.79 Å². The van der Waals surface area contributed by atoms with Crippen molar-refractivity contribution in [3.8, 4) is 0 Å². The highest BCUT2D eigenvalue weighted by Crippen LogP contribution is 2.05. The molecule has 4 heteroatoms. The van der Waals surface area contributed by atoms with Gasteiger partial charge < -0.3 is 9.64 Å². The van der Waals surface area contributed by atoms with E-state index in [2.05, 4.69) is 18.1 Å². The molecule has 1 fully saturated rings. The predicted molar refractivity (Wildman–Crippen MR) is 64.0 cm³/mol. The van der Waals surface area contributed by atoms with E-state index < -0.39 is 0 Å². The van der Waals surface area contributed by atoms with Gasteiger partial charge in [0.25, 0.3) is 0 Å². The zero-order valence-corrected chi connectivity index (χ0v) is 9.95. The summed E-state index contributed by atoms with van der Waals surface area (Å²) in [6.45, 7) is 13.8. The number of carbonyl (C=O) groups excluding carboxylic acids is 1. The van der Waals surface area contributed by atoms with E-state index in [0.29, 0.717) is 12.2 Å². The van der Waals surface area contributed by atoms with Gasteiger partial charge >= 0.3 is 0 Å². The molecule has 0 N–H and O–H groups in total. The molecule has 0 saturated carbocycles. The van der Waals surface area contributed by atoms with Crippen molar-refractivity contribution < 1.29 is 9.53 Å². The predicted octanol–water partition coefficient (Wildman–Crippen LogP) is 0.867. The van der Waals surface area contributed by atoms with Crippen LogP contribution in [0.4, 0.5) is 0 Å². The minimum atomic E-state index is 0.0713. The highest BCUT2D eigenvalue weighted by Gasteiger charge is 2.20. The molecule has 1 saturated heterocycles. The summed E-state index contributed by atoms with van der Waals surface area (Å²) in [6.07, 6.45) is 1.46. The standard InChI is InChI=1S/C12H20N2O2/c1-4-16-10-9-13-5-7-14(8-6-13)12(15)11(2)3/h4H,1-2,5-10H2,3H3. The molecule has 90 valence electrons. The van der Waals surface area contributed by atoms with Gasteiger partial charge in [-0.3, -0.25) is 9.69 Å². The van der Waals surface area contributed by atoms with Crippen LogP contribution in [0, 0.1) is 0 Å². The summed E-state index contributed by atoms with van der Waals surface area (Å²) in [5, 5.41) is 0. The molecule has 1 aliphatic rings. The first-order valence-electron chi connectivity index (χ1n) is 5.55. The van der Waals surface area contributed by atoms with Crippen LogP contribution < -0.4 is 0 Å². The van der Waals surface area contributed by atoms with Gasteiger partial charge in [0.1, 0.15) is 0 Å². The molecule has 0 bridgehead atoms. The van der Waals surface area contributed by atoms with Crippen LogP contribution in [0.5, 0.6) is 0 Å². The van der Waals surface area contributed by atoms with Crippen LogP contribution in [0.2, 0.25) is 0 Å². The Kier molecular flexibility index (Phi) is 5.05. The van der Waals surface area contributed by atoms with Crippen LogP contribution in [0.15, 0.2) is 25.0 Å². The van der Waals surface area contributed by atoms with Gasteiger partial charge in [0.15, 0.2) is 0 Å². The number of piperazine rings is 1. The number of ether oxygens (including phenoxy) is 1. The van der Waals surface area contributed by atoms with Crippen LogP contribution >= 0.6 is 0 Å². The first kappa shape index (κ1) is 12.8. The maximum atomic E-state index is 11.6. The Morgan fingerprint density at radius 2 is 2.00 bits per heavy atom. The van der Waals surface area contributed by atoms with E-state index in [1.54, 1.807) is 6.92 Å². The first-order valence-corrected chi connectivity index (χ1v) is 5.55. The Labute approximate surface area is 97.2 Å². The first-order chi connectivity index (χ1) is 7.65. The van der Waals surface area contributed by atoms with Gasteiger partial charge in [-0.2, -0.15) is 0 Å². The van der Waals surface area contributed by atoms with Gasteiger partial charge in [0, 0.05) is 38.3 Å². The van der Waals surface area contributed by atoms with Crippen molar-refractivity contribution in [1.29, 1.82) is 0 Å². The van der Waals surface area contributed by atoms with E-state index in [-0.39, 0.29) is 5.91 Å². The molecule has 0 atom stereocenters. The molecule has 1 rings (SSSR count). The average Bonchev–Trinajstić information content (AvgIpc) is 2.29. The lowest BCUT2D eigenvalue weighted by molar-refractivity contribution is -0.128. The van der Waals surface area contributed by atoms with Crippen LogP contribution in [-0.4, -0.2) is 55.0 Å². The van der Waals surface area contributed by atoms with Crippen molar-refractivity contribution in [2.24, 2.45) is 0 Å². The fraction of sp³-hybridized carbons (Fsp3) is 0.583. The van der Waals surface area contributed by atoms with Crippen molar-refractivity contribution in [2.45, 2.75) is 6.92 Å². The Morgan fingerprint density at radius 3 is 2.50 bits per heavy atom. The summed E-state index contributed by atoms with van der Waals surface area (Å²) in [5.74, 6) is 0.0713. The van der Waals surface area contributed by atoms with Crippen LogP contribution in [0.25, 0.3) is 0 Å². The summed E-state index contributed by atoms with van der Waals surface area (Å²) in [6, 6.07) is 0. The third-order valence-electron chi connectivity index (χ3n) is 2.67. The van der Waals surface area contributed by atoms with E-state index >= 15 is 0 Å². The molecule has 0 aromatic rings. The number of rotatable bonds is 5. The summed E-state index contributed by atoms with van der Waals surface area (Å²) in [4.78, 5) is 15.8.